The van der Waals surface area contributed by atoms with Gasteiger partial charge in [-0.25, -0.2) is 17.7 Å². The zero-order chi connectivity index (χ0) is 28.8. The van der Waals surface area contributed by atoms with Crippen molar-refractivity contribution in [1.29, 1.82) is 0 Å². The predicted octanol–water partition coefficient (Wildman–Crippen LogP) is 3.97. The number of rotatable bonds is 9. The Balaban J connectivity index is 0.000000417. The molecule has 37 heavy (non-hydrogen) atoms. The molecule has 0 saturated carbocycles. The molecule has 0 aromatic heterocycles. The standard InChI is InChI=1S/C16H26FNO4S.C10H14FNO2/c1-15(2,3)23(20)18-14(16(4,5)19)12-9-11(17)7-8-13(12)22-10-21-6;1-10(2,14)9(12)7-5-6(11)3-4-8(7)13/h7-9,14,18-19H,10H2,1-6H3;3-5,9,13-14H,12H2,1-2H3/t14-,23+;9-/m00/s1. The Hall–Kier alpha value is -2.15. The second-order valence-electron chi connectivity index (χ2n) is 10.7. The molecule has 2 aromatic carbocycles. The van der Waals surface area contributed by atoms with E-state index < -0.39 is 50.7 Å². The van der Waals surface area contributed by atoms with E-state index in [-0.39, 0.29) is 18.1 Å². The summed E-state index contributed by atoms with van der Waals surface area (Å²) in [7, 11) is 0.0215. The Morgan fingerprint density at radius 2 is 1.46 bits per heavy atom. The van der Waals surface area contributed by atoms with E-state index in [1.807, 2.05) is 20.8 Å². The van der Waals surface area contributed by atoms with Crippen molar-refractivity contribution in [3.8, 4) is 11.5 Å². The van der Waals surface area contributed by atoms with Gasteiger partial charge in [0.05, 0.1) is 39.0 Å². The average molecular weight is 547 g/mol. The quantitative estimate of drug-likeness (QED) is 0.301. The Labute approximate surface area is 220 Å². The third kappa shape index (κ3) is 10.3. The summed E-state index contributed by atoms with van der Waals surface area (Å²) in [6, 6.07) is 5.86. The molecule has 210 valence electrons. The minimum absolute atomic E-state index is 0.0143. The highest BCUT2D eigenvalue weighted by molar-refractivity contribution is 7.84. The van der Waals surface area contributed by atoms with Gasteiger partial charge in [0.15, 0.2) is 6.79 Å². The molecule has 2 aromatic rings. The monoisotopic (exact) mass is 546 g/mol. The molecule has 6 N–H and O–H groups in total. The summed E-state index contributed by atoms with van der Waals surface area (Å²) in [6.07, 6.45) is 0. The van der Waals surface area contributed by atoms with Crippen molar-refractivity contribution in [3.63, 3.8) is 0 Å². The first-order valence-electron chi connectivity index (χ1n) is 11.6. The van der Waals surface area contributed by atoms with Crippen LogP contribution < -0.4 is 15.2 Å². The van der Waals surface area contributed by atoms with Gasteiger partial charge in [-0.2, -0.15) is 0 Å². The molecule has 0 heterocycles. The zero-order valence-electron chi connectivity index (χ0n) is 22.6. The number of hydrogen-bond acceptors (Lipinski definition) is 7. The fourth-order valence-electron chi connectivity index (χ4n) is 3.03. The van der Waals surface area contributed by atoms with E-state index in [4.69, 9.17) is 15.2 Å². The molecule has 0 aliphatic heterocycles. The molecule has 0 saturated heterocycles. The van der Waals surface area contributed by atoms with Gasteiger partial charge in [-0.15, -0.1) is 0 Å². The summed E-state index contributed by atoms with van der Waals surface area (Å²) < 4.78 is 51.7. The van der Waals surface area contributed by atoms with Crippen molar-refractivity contribution in [2.45, 2.75) is 76.5 Å². The lowest BCUT2D eigenvalue weighted by atomic mass is 9.92. The smallest absolute Gasteiger partial charge is 0.188 e. The van der Waals surface area contributed by atoms with Crippen LogP contribution in [0.5, 0.6) is 11.5 Å². The summed E-state index contributed by atoms with van der Waals surface area (Å²) in [5.41, 5.74) is 3.76. The third-order valence-corrected chi connectivity index (χ3v) is 6.75. The van der Waals surface area contributed by atoms with E-state index in [1.54, 1.807) is 13.8 Å². The highest BCUT2D eigenvalue weighted by Crippen LogP contribution is 2.34. The van der Waals surface area contributed by atoms with Crippen LogP contribution in [0.15, 0.2) is 36.4 Å². The highest BCUT2D eigenvalue weighted by Gasteiger charge is 2.35. The molecule has 0 aliphatic rings. The SMILES string of the molecule is CC(C)(O)[C@@H](N)c1cc(F)ccc1O.COCOc1ccc(F)cc1[C@H](N[S@](=O)C(C)(C)C)C(C)(C)O. The lowest BCUT2D eigenvalue weighted by Crippen LogP contribution is -2.44. The number of benzene rings is 2. The van der Waals surface area contributed by atoms with E-state index >= 15 is 0 Å². The molecular formula is C26H40F2N2O6S. The lowest BCUT2D eigenvalue weighted by Gasteiger charge is -2.33. The molecule has 0 unspecified atom stereocenters. The summed E-state index contributed by atoms with van der Waals surface area (Å²) in [6.45, 7) is 11.6. The molecule has 0 fully saturated rings. The Kier molecular flexibility index (Phi) is 11.6. The fourth-order valence-corrected chi connectivity index (χ4v) is 4.01. The van der Waals surface area contributed by atoms with Crippen LogP contribution in [0.1, 0.15) is 71.7 Å². The van der Waals surface area contributed by atoms with Crippen molar-refractivity contribution < 1.29 is 37.8 Å². The first-order chi connectivity index (χ1) is 16.8. The van der Waals surface area contributed by atoms with E-state index in [0.717, 1.165) is 12.1 Å². The first kappa shape index (κ1) is 32.9. The Morgan fingerprint density at radius 3 is 1.92 bits per heavy atom. The fraction of sp³-hybridized carbons (Fsp3) is 0.538. The summed E-state index contributed by atoms with van der Waals surface area (Å²) in [5, 5.41) is 29.5. The number of hydrogen-bond donors (Lipinski definition) is 5. The molecule has 0 bridgehead atoms. The zero-order valence-corrected chi connectivity index (χ0v) is 23.5. The van der Waals surface area contributed by atoms with Crippen molar-refractivity contribution in [3.05, 3.63) is 59.2 Å². The average Bonchev–Trinajstić information content (AvgIpc) is 2.76. The molecule has 2 rings (SSSR count). The van der Waals surface area contributed by atoms with E-state index in [0.29, 0.717) is 11.3 Å². The highest BCUT2D eigenvalue weighted by atomic mass is 32.2. The van der Waals surface area contributed by atoms with Gasteiger partial charge in [-0.3, -0.25) is 0 Å². The van der Waals surface area contributed by atoms with Gasteiger partial charge in [0, 0.05) is 18.2 Å². The van der Waals surface area contributed by atoms with Gasteiger partial charge in [0.1, 0.15) is 23.1 Å². The number of nitrogens with two attached hydrogens (primary N) is 1. The number of halogens is 2. The van der Waals surface area contributed by atoms with Gasteiger partial charge in [-0.05, 0) is 84.9 Å². The number of aromatic hydroxyl groups is 1. The van der Waals surface area contributed by atoms with Crippen LogP contribution in [0, 0.1) is 11.6 Å². The van der Waals surface area contributed by atoms with Crippen molar-refractivity contribution in [1.82, 2.24) is 4.72 Å². The summed E-state index contributed by atoms with van der Waals surface area (Å²) in [5.74, 6) is -0.709. The molecule has 0 amide bonds. The van der Waals surface area contributed by atoms with Gasteiger partial charge in [-0.1, -0.05) is 0 Å². The van der Waals surface area contributed by atoms with Crippen LogP contribution >= 0.6 is 0 Å². The Morgan fingerprint density at radius 1 is 0.946 bits per heavy atom. The van der Waals surface area contributed by atoms with Gasteiger partial charge >= 0.3 is 0 Å². The summed E-state index contributed by atoms with van der Waals surface area (Å²) >= 11 is 0. The summed E-state index contributed by atoms with van der Waals surface area (Å²) in [4.78, 5) is 0. The van der Waals surface area contributed by atoms with Crippen LogP contribution in [0.4, 0.5) is 8.78 Å². The molecule has 3 atom stereocenters. The van der Waals surface area contributed by atoms with Crippen molar-refractivity contribution in [2.75, 3.05) is 13.9 Å². The molecule has 11 heteroatoms. The van der Waals surface area contributed by atoms with E-state index in [2.05, 4.69) is 4.72 Å². The lowest BCUT2D eigenvalue weighted by molar-refractivity contribution is 0.0352. The minimum atomic E-state index is -1.45. The van der Waals surface area contributed by atoms with Crippen LogP contribution in [-0.4, -0.2) is 49.4 Å². The second-order valence-corrected chi connectivity index (χ2v) is 12.7. The molecular weight excluding hydrogens is 506 g/mol. The molecule has 8 nitrogen and oxygen atoms in total. The van der Waals surface area contributed by atoms with E-state index in [9.17, 15) is 28.3 Å². The number of phenolic OH excluding ortho intramolecular Hbond substituents is 1. The Bertz CT molecular complexity index is 1050. The van der Waals surface area contributed by atoms with Crippen LogP contribution in [0.2, 0.25) is 0 Å². The molecule has 0 radical (unpaired) electrons. The van der Waals surface area contributed by atoms with Gasteiger partial charge in [0.25, 0.3) is 0 Å². The van der Waals surface area contributed by atoms with E-state index in [1.165, 1.54) is 45.2 Å². The number of ether oxygens (including phenoxy) is 2. The maximum atomic E-state index is 13.7. The topological polar surface area (TPSA) is 134 Å². The van der Waals surface area contributed by atoms with Gasteiger partial charge in [0.2, 0.25) is 0 Å². The largest absolute Gasteiger partial charge is 0.508 e. The maximum absolute atomic E-state index is 13.7. The maximum Gasteiger partial charge on any atom is 0.188 e. The number of phenols is 1. The third-order valence-electron chi connectivity index (χ3n) is 5.19. The first-order valence-corrected chi connectivity index (χ1v) is 12.7. The van der Waals surface area contributed by atoms with Crippen LogP contribution in [0.25, 0.3) is 0 Å². The number of methoxy groups -OCH3 is 1. The number of nitrogens with one attached hydrogen (secondary N) is 1. The van der Waals surface area contributed by atoms with Gasteiger partial charge < -0.3 is 30.5 Å². The van der Waals surface area contributed by atoms with Crippen LogP contribution in [0.3, 0.4) is 0 Å². The van der Waals surface area contributed by atoms with Crippen LogP contribution in [-0.2, 0) is 15.7 Å². The minimum Gasteiger partial charge on any atom is -0.508 e. The molecule has 0 aliphatic carbocycles. The molecule has 0 spiro atoms. The van der Waals surface area contributed by atoms with Crippen molar-refractivity contribution in [2.24, 2.45) is 5.73 Å². The normalized spacial score (nSPS) is 14.8. The predicted molar refractivity (Wildman–Crippen MR) is 140 cm³/mol. The second kappa shape index (κ2) is 13.1. The van der Waals surface area contributed by atoms with Crippen molar-refractivity contribution >= 4 is 11.0 Å². The number of aliphatic hydroxyl groups is 2.